The summed E-state index contributed by atoms with van der Waals surface area (Å²) in [6.07, 6.45) is 4.51. The molecule has 1 aliphatic rings. The van der Waals surface area contributed by atoms with Crippen LogP contribution in [0.3, 0.4) is 0 Å². The van der Waals surface area contributed by atoms with Crippen molar-refractivity contribution in [3.63, 3.8) is 0 Å². The van der Waals surface area contributed by atoms with E-state index in [1.807, 2.05) is 35.5 Å². The summed E-state index contributed by atoms with van der Waals surface area (Å²) in [5.74, 6) is 0.0838. The highest BCUT2D eigenvalue weighted by atomic mass is 16.3. The molecule has 106 valence electrons. The second-order valence-electron chi connectivity index (χ2n) is 5.35. The van der Waals surface area contributed by atoms with Crippen molar-refractivity contribution < 1.29 is 9.90 Å². The van der Waals surface area contributed by atoms with E-state index in [1.54, 1.807) is 12.5 Å². The van der Waals surface area contributed by atoms with Crippen LogP contribution in [0.4, 0.5) is 0 Å². The highest BCUT2D eigenvalue weighted by Crippen LogP contribution is 2.22. The highest BCUT2D eigenvalue weighted by Gasteiger charge is 2.31. The summed E-state index contributed by atoms with van der Waals surface area (Å²) in [5.41, 5.74) is 0.890. The number of piperidine rings is 1. The van der Waals surface area contributed by atoms with Gasteiger partial charge in [-0.05, 0) is 26.9 Å². The van der Waals surface area contributed by atoms with E-state index in [9.17, 15) is 9.90 Å². The predicted molar refractivity (Wildman–Crippen MR) is 71.5 cm³/mol. The lowest BCUT2D eigenvalue weighted by atomic mass is 10.1. The summed E-state index contributed by atoms with van der Waals surface area (Å²) in [6.45, 7) is 1.25. The van der Waals surface area contributed by atoms with Crippen molar-refractivity contribution in [2.24, 2.45) is 7.05 Å². The standard InChI is InChI=1S/C13H22N4O2/c1-15(2)12(11-8-14-9-16(11)3)13(19)17-6-4-10(18)5-7-17/h8-10,12,18H,4-7H2,1-3H3. The van der Waals surface area contributed by atoms with Gasteiger partial charge >= 0.3 is 0 Å². The molecule has 1 aromatic heterocycles. The Labute approximate surface area is 113 Å². The quantitative estimate of drug-likeness (QED) is 0.837. The van der Waals surface area contributed by atoms with E-state index in [0.717, 1.165) is 5.69 Å². The third-order valence-corrected chi connectivity index (χ3v) is 3.66. The lowest BCUT2D eigenvalue weighted by Crippen LogP contribution is -2.45. The fraction of sp³-hybridized carbons (Fsp3) is 0.692. The maximum absolute atomic E-state index is 12.7. The van der Waals surface area contributed by atoms with Gasteiger partial charge in [-0.1, -0.05) is 0 Å². The van der Waals surface area contributed by atoms with Gasteiger partial charge in [-0.2, -0.15) is 0 Å². The SMILES string of the molecule is CN(C)C(C(=O)N1CCC(O)CC1)c1cncn1C. The van der Waals surface area contributed by atoms with Crippen LogP contribution < -0.4 is 0 Å². The van der Waals surface area contributed by atoms with Crippen molar-refractivity contribution in [3.8, 4) is 0 Å². The van der Waals surface area contributed by atoms with Gasteiger partial charge in [0.1, 0.15) is 6.04 Å². The van der Waals surface area contributed by atoms with Crippen LogP contribution in [0, 0.1) is 0 Å². The van der Waals surface area contributed by atoms with E-state index in [2.05, 4.69) is 4.98 Å². The van der Waals surface area contributed by atoms with Crippen LogP contribution >= 0.6 is 0 Å². The van der Waals surface area contributed by atoms with Gasteiger partial charge in [0.2, 0.25) is 5.91 Å². The zero-order chi connectivity index (χ0) is 14.0. The van der Waals surface area contributed by atoms with Gasteiger partial charge < -0.3 is 14.6 Å². The van der Waals surface area contributed by atoms with Crippen molar-refractivity contribution in [3.05, 3.63) is 18.2 Å². The number of rotatable bonds is 3. The summed E-state index contributed by atoms with van der Waals surface area (Å²) in [5, 5.41) is 9.52. The highest BCUT2D eigenvalue weighted by molar-refractivity contribution is 5.83. The fourth-order valence-corrected chi connectivity index (χ4v) is 2.50. The summed E-state index contributed by atoms with van der Waals surface area (Å²) < 4.78 is 1.88. The van der Waals surface area contributed by atoms with Crippen molar-refractivity contribution >= 4 is 5.91 Å². The first-order chi connectivity index (χ1) is 9.00. The Morgan fingerprint density at radius 3 is 2.58 bits per heavy atom. The van der Waals surface area contributed by atoms with Crippen LogP contribution in [-0.4, -0.2) is 63.7 Å². The number of nitrogens with zero attached hydrogens (tertiary/aromatic N) is 4. The number of amides is 1. The van der Waals surface area contributed by atoms with E-state index >= 15 is 0 Å². The number of hydrogen-bond donors (Lipinski definition) is 1. The van der Waals surface area contributed by atoms with Gasteiger partial charge in [-0.25, -0.2) is 4.98 Å². The fourth-order valence-electron chi connectivity index (χ4n) is 2.50. The molecule has 1 amide bonds. The zero-order valence-electron chi connectivity index (χ0n) is 11.8. The topological polar surface area (TPSA) is 61.6 Å². The number of carbonyl (C=O) groups excluding carboxylic acids is 1. The van der Waals surface area contributed by atoms with E-state index < -0.39 is 0 Å². The van der Waals surface area contributed by atoms with Crippen LogP contribution in [-0.2, 0) is 11.8 Å². The normalized spacial score (nSPS) is 18.9. The Bertz CT molecular complexity index is 436. The summed E-state index contributed by atoms with van der Waals surface area (Å²) in [6, 6.07) is -0.317. The molecule has 1 atom stereocenters. The van der Waals surface area contributed by atoms with Gasteiger partial charge in [0.25, 0.3) is 0 Å². The van der Waals surface area contributed by atoms with Crippen LogP contribution in [0.1, 0.15) is 24.6 Å². The van der Waals surface area contributed by atoms with Crippen LogP contribution in [0.2, 0.25) is 0 Å². The second kappa shape index (κ2) is 5.71. The van der Waals surface area contributed by atoms with E-state index in [-0.39, 0.29) is 18.1 Å². The lowest BCUT2D eigenvalue weighted by Gasteiger charge is -2.34. The number of imidazole rings is 1. The van der Waals surface area contributed by atoms with Crippen LogP contribution in [0.5, 0.6) is 0 Å². The second-order valence-corrected chi connectivity index (χ2v) is 5.35. The van der Waals surface area contributed by atoms with Crippen molar-refractivity contribution in [2.45, 2.75) is 25.0 Å². The molecule has 1 saturated heterocycles. The first kappa shape index (κ1) is 14.0. The summed E-state index contributed by atoms with van der Waals surface area (Å²) >= 11 is 0. The Kier molecular flexibility index (Phi) is 4.21. The molecule has 1 fully saturated rings. The predicted octanol–water partition coefficient (Wildman–Crippen LogP) is 0.00610. The molecule has 0 aliphatic carbocycles. The molecular formula is C13H22N4O2. The molecule has 1 unspecified atom stereocenters. The number of likely N-dealkylation sites (N-methyl/N-ethyl adjacent to an activating group) is 1. The van der Waals surface area contributed by atoms with Crippen molar-refractivity contribution in [1.82, 2.24) is 19.4 Å². The molecule has 6 nitrogen and oxygen atoms in total. The Morgan fingerprint density at radius 2 is 2.11 bits per heavy atom. The minimum atomic E-state index is -0.317. The average molecular weight is 266 g/mol. The number of carbonyl (C=O) groups is 1. The van der Waals surface area contributed by atoms with Gasteiger partial charge in [-0.15, -0.1) is 0 Å². The van der Waals surface area contributed by atoms with Gasteiger partial charge in [0.15, 0.2) is 0 Å². The number of likely N-dealkylation sites (tertiary alicyclic amines) is 1. The molecule has 1 N–H and O–H groups in total. The number of aliphatic hydroxyl groups is 1. The first-order valence-corrected chi connectivity index (χ1v) is 6.60. The molecule has 6 heteroatoms. The van der Waals surface area contributed by atoms with E-state index in [0.29, 0.717) is 25.9 Å². The molecule has 0 radical (unpaired) electrons. The number of aliphatic hydroxyl groups excluding tert-OH is 1. The maximum Gasteiger partial charge on any atom is 0.246 e. The van der Waals surface area contributed by atoms with Crippen molar-refractivity contribution in [1.29, 1.82) is 0 Å². The van der Waals surface area contributed by atoms with Gasteiger partial charge in [0, 0.05) is 20.1 Å². The number of hydrogen-bond acceptors (Lipinski definition) is 4. The zero-order valence-corrected chi connectivity index (χ0v) is 11.8. The lowest BCUT2D eigenvalue weighted by molar-refractivity contribution is -0.138. The van der Waals surface area contributed by atoms with Crippen LogP contribution in [0.25, 0.3) is 0 Å². The molecule has 0 saturated carbocycles. The molecule has 1 aromatic rings. The minimum Gasteiger partial charge on any atom is -0.393 e. The number of aromatic nitrogens is 2. The summed E-state index contributed by atoms with van der Waals surface area (Å²) in [4.78, 5) is 20.5. The first-order valence-electron chi connectivity index (χ1n) is 6.60. The molecule has 0 spiro atoms. The Morgan fingerprint density at radius 1 is 1.47 bits per heavy atom. The van der Waals surface area contributed by atoms with Gasteiger partial charge in [0.05, 0.1) is 24.3 Å². The molecular weight excluding hydrogens is 244 g/mol. The monoisotopic (exact) mass is 266 g/mol. The number of aryl methyl sites for hydroxylation is 1. The minimum absolute atomic E-state index is 0.0838. The molecule has 2 rings (SSSR count). The molecule has 19 heavy (non-hydrogen) atoms. The smallest absolute Gasteiger partial charge is 0.246 e. The van der Waals surface area contributed by atoms with E-state index in [4.69, 9.17) is 0 Å². The molecule has 1 aliphatic heterocycles. The van der Waals surface area contributed by atoms with E-state index in [1.165, 1.54) is 0 Å². The molecule has 2 heterocycles. The molecule has 0 aromatic carbocycles. The Hall–Kier alpha value is -1.40. The third kappa shape index (κ3) is 2.96. The van der Waals surface area contributed by atoms with Gasteiger partial charge in [-0.3, -0.25) is 9.69 Å². The largest absolute Gasteiger partial charge is 0.393 e. The summed E-state index contributed by atoms with van der Waals surface area (Å²) in [7, 11) is 5.69. The molecule has 0 bridgehead atoms. The Balaban J connectivity index is 2.16. The van der Waals surface area contributed by atoms with Crippen molar-refractivity contribution in [2.75, 3.05) is 27.2 Å². The van der Waals surface area contributed by atoms with Crippen LogP contribution in [0.15, 0.2) is 12.5 Å². The maximum atomic E-state index is 12.7. The average Bonchev–Trinajstić information content (AvgIpc) is 2.76. The third-order valence-electron chi connectivity index (χ3n) is 3.66.